The van der Waals surface area contributed by atoms with Gasteiger partial charge in [0.05, 0.1) is 24.4 Å². The number of hydrogen-bond acceptors (Lipinski definition) is 7. The van der Waals surface area contributed by atoms with Gasteiger partial charge in [-0.15, -0.1) is 0 Å². The molecule has 0 saturated heterocycles. The lowest BCUT2D eigenvalue weighted by molar-refractivity contribution is -0.118. The maximum absolute atomic E-state index is 12.6. The quantitative estimate of drug-likeness (QED) is 0.163. The minimum atomic E-state index is -0.423. The molecule has 0 bridgehead atoms. The number of halogens is 1. The van der Waals surface area contributed by atoms with Gasteiger partial charge < -0.3 is 24.3 Å². The van der Waals surface area contributed by atoms with Crippen molar-refractivity contribution in [1.82, 2.24) is 5.43 Å². The number of hydrazone groups is 1. The Labute approximate surface area is 229 Å². The number of benzene rings is 3. The summed E-state index contributed by atoms with van der Waals surface area (Å²) < 4.78 is 22.8. The number of methoxy groups -OCH3 is 1. The summed E-state index contributed by atoms with van der Waals surface area (Å²) in [6.07, 6.45) is 3.09. The van der Waals surface area contributed by atoms with E-state index in [1.54, 1.807) is 48.5 Å². The van der Waals surface area contributed by atoms with Crippen LogP contribution in [0, 0.1) is 0 Å². The van der Waals surface area contributed by atoms with Gasteiger partial charge in [-0.05, 0) is 70.9 Å². The molecule has 0 aliphatic heterocycles. The molecule has 0 heterocycles. The van der Waals surface area contributed by atoms with Crippen molar-refractivity contribution in [3.8, 4) is 23.0 Å². The van der Waals surface area contributed by atoms with E-state index >= 15 is 0 Å². The van der Waals surface area contributed by atoms with E-state index in [2.05, 4.69) is 38.4 Å². The monoisotopic (exact) mass is 581 g/mol. The molecule has 0 saturated carbocycles. The van der Waals surface area contributed by atoms with Crippen molar-refractivity contribution >= 4 is 39.6 Å². The summed E-state index contributed by atoms with van der Waals surface area (Å²) in [7, 11) is 1.49. The molecule has 0 unspecified atom stereocenters. The molecule has 198 valence electrons. The standard InChI is InChI=1S/C28H28BrN3O6/c1-4-13-37-23-12-11-20(16-24(23)36-5-2)28(34)32-30-17-19-14-22(29)27(25(15-19)35-3)38-18-26(33)31-21-9-7-6-8-10-21/h4,6-12,14-17H,1,5,13,18H2,2-3H3,(H,31,33)(H,32,34)/b30-17+. The van der Waals surface area contributed by atoms with Gasteiger partial charge in [0.1, 0.15) is 6.61 Å². The average Bonchev–Trinajstić information content (AvgIpc) is 2.92. The first-order chi connectivity index (χ1) is 18.4. The van der Waals surface area contributed by atoms with E-state index in [-0.39, 0.29) is 12.5 Å². The third kappa shape index (κ3) is 8.10. The van der Waals surface area contributed by atoms with Crippen LogP contribution in [0.4, 0.5) is 5.69 Å². The Morgan fingerprint density at radius 2 is 1.79 bits per heavy atom. The largest absolute Gasteiger partial charge is 0.493 e. The van der Waals surface area contributed by atoms with E-state index in [9.17, 15) is 9.59 Å². The molecule has 9 nitrogen and oxygen atoms in total. The van der Waals surface area contributed by atoms with Crippen molar-refractivity contribution in [2.75, 3.05) is 32.2 Å². The van der Waals surface area contributed by atoms with E-state index in [0.717, 1.165) is 0 Å². The van der Waals surface area contributed by atoms with Gasteiger partial charge in [0, 0.05) is 11.3 Å². The van der Waals surface area contributed by atoms with Crippen LogP contribution in [0.3, 0.4) is 0 Å². The Bertz CT molecular complexity index is 1300. The summed E-state index contributed by atoms with van der Waals surface area (Å²) in [6.45, 7) is 5.99. The fourth-order valence-electron chi connectivity index (χ4n) is 3.23. The number of carbonyl (C=O) groups excluding carboxylic acids is 2. The van der Waals surface area contributed by atoms with Crippen LogP contribution in [-0.2, 0) is 4.79 Å². The van der Waals surface area contributed by atoms with E-state index in [1.807, 2.05) is 25.1 Å². The van der Waals surface area contributed by atoms with Crippen molar-refractivity contribution in [3.63, 3.8) is 0 Å². The van der Waals surface area contributed by atoms with Crippen LogP contribution in [0.15, 0.2) is 82.9 Å². The summed E-state index contributed by atoms with van der Waals surface area (Å²) in [4.78, 5) is 24.8. The molecule has 0 aromatic heterocycles. The third-order valence-electron chi connectivity index (χ3n) is 4.90. The van der Waals surface area contributed by atoms with Crippen molar-refractivity contribution in [2.45, 2.75) is 6.92 Å². The number of amides is 2. The molecule has 38 heavy (non-hydrogen) atoms. The Morgan fingerprint density at radius 1 is 1.00 bits per heavy atom. The first kappa shape index (κ1) is 28.3. The molecule has 0 aliphatic rings. The summed E-state index contributed by atoms with van der Waals surface area (Å²) in [6, 6.07) is 17.3. The number of nitrogens with one attached hydrogen (secondary N) is 2. The van der Waals surface area contributed by atoms with E-state index in [4.69, 9.17) is 18.9 Å². The van der Waals surface area contributed by atoms with Crippen molar-refractivity contribution in [1.29, 1.82) is 0 Å². The van der Waals surface area contributed by atoms with Gasteiger partial charge in [-0.25, -0.2) is 5.43 Å². The van der Waals surface area contributed by atoms with Crippen LogP contribution in [0.5, 0.6) is 23.0 Å². The number of anilines is 1. The normalized spacial score (nSPS) is 10.5. The molecule has 3 aromatic rings. The third-order valence-corrected chi connectivity index (χ3v) is 5.49. The van der Waals surface area contributed by atoms with Crippen LogP contribution in [0.25, 0.3) is 0 Å². The molecule has 0 atom stereocenters. The SMILES string of the molecule is C=CCOc1ccc(C(=O)N/N=C/c2cc(Br)c(OCC(=O)Nc3ccccc3)c(OC)c2)cc1OCC. The molecule has 3 aromatic carbocycles. The molecule has 0 spiro atoms. The summed E-state index contributed by atoms with van der Waals surface area (Å²) >= 11 is 3.44. The Hall–Kier alpha value is -4.31. The smallest absolute Gasteiger partial charge is 0.271 e. The number of carbonyl (C=O) groups is 2. The van der Waals surface area contributed by atoms with Crippen LogP contribution < -0.4 is 29.7 Å². The van der Waals surface area contributed by atoms with E-state index in [0.29, 0.717) is 57.5 Å². The highest BCUT2D eigenvalue weighted by molar-refractivity contribution is 9.10. The summed E-state index contributed by atoms with van der Waals surface area (Å²) in [5.41, 5.74) is 4.14. The van der Waals surface area contributed by atoms with Crippen LogP contribution in [0.1, 0.15) is 22.8 Å². The molecular formula is C28H28BrN3O6. The van der Waals surface area contributed by atoms with Gasteiger partial charge >= 0.3 is 0 Å². The van der Waals surface area contributed by atoms with E-state index < -0.39 is 5.91 Å². The lowest BCUT2D eigenvalue weighted by atomic mass is 10.2. The highest BCUT2D eigenvalue weighted by atomic mass is 79.9. The van der Waals surface area contributed by atoms with Gasteiger partial charge in [0.2, 0.25) is 0 Å². The van der Waals surface area contributed by atoms with E-state index in [1.165, 1.54) is 13.3 Å². The summed E-state index contributed by atoms with van der Waals surface area (Å²) in [5, 5.41) is 6.80. The fraction of sp³-hybridized carbons (Fsp3) is 0.179. The van der Waals surface area contributed by atoms with Crippen LogP contribution >= 0.6 is 15.9 Å². The number of nitrogens with zero attached hydrogens (tertiary/aromatic N) is 1. The van der Waals surface area contributed by atoms with Gasteiger partial charge in [0.15, 0.2) is 29.6 Å². The summed E-state index contributed by atoms with van der Waals surface area (Å²) in [5.74, 6) is 0.978. The Balaban J connectivity index is 1.64. The van der Waals surface area contributed by atoms with Crippen molar-refractivity contribution in [2.24, 2.45) is 5.10 Å². The number of hydrogen-bond donors (Lipinski definition) is 2. The number of rotatable bonds is 13. The minimum absolute atomic E-state index is 0.214. The molecule has 0 radical (unpaired) electrons. The molecule has 10 heteroatoms. The molecule has 0 fully saturated rings. The first-order valence-electron chi connectivity index (χ1n) is 11.6. The van der Waals surface area contributed by atoms with Crippen LogP contribution in [0.2, 0.25) is 0 Å². The molecule has 0 aliphatic carbocycles. The maximum Gasteiger partial charge on any atom is 0.271 e. The number of para-hydroxylation sites is 1. The fourth-order valence-corrected chi connectivity index (χ4v) is 3.80. The minimum Gasteiger partial charge on any atom is -0.493 e. The zero-order chi connectivity index (χ0) is 27.3. The lowest BCUT2D eigenvalue weighted by Gasteiger charge is -2.13. The second-order valence-electron chi connectivity index (χ2n) is 7.63. The predicted molar refractivity (Wildman–Crippen MR) is 150 cm³/mol. The second-order valence-corrected chi connectivity index (χ2v) is 8.48. The second kappa shape index (κ2) is 14.4. The molecule has 2 N–H and O–H groups in total. The first-order valence-corrected chi connectivity index (χ1v) is 12.4. The van der Waals surface area contributed by atoms with Crippen LogP contribution in [-0.4, -0.2) is 45.0 Å². The highest BCUT2D eigenvalue weighted by Crippen LogP contribution is 2.36. The maximum atomic E-state index is 12.6. The van der Waals surface area contributed by atoms with Gasteiger partial charge in [0.25, 0.3) is 11.8 Å². The Kier molecular flexibility index (Phi) is 10.7. The molecule has 2 amide bonds. The molecule has 3 rings (SSSR count). The predicted octanol–water partition coefficient (Wildman–Crippen LogP) is 5.20. The average molecular weight is 582 g/mol. The van der Waals surface area contributed by atoms with Gasteiger partial charge in [-0.3, -0.25) is 9.59 Å². The lowest BCUT2D eigenvalue weighted by Crippen LogP contribution is -2.20. The molecular weight excluding hydrogens is 554 g/mol. The van der Waals surface area contributed by atoms with Gasteiger partial charge in [-0.1, -0.05) is 30.9 Å². The van der Waals surface area contributed by atoms with Gasteiger partial charge in [-0.2, -0.15) is 5.10 Å². The van der Waals surface area contributed by atoms with Crippen molar-refractivity contribution in [3.05, 3.63) is 88.9 Å². The van der Waals surface area contributed by atoms with Crippen molar-refractivity contribution < 1.29 is 28.5 Å². The highest BCUT2D eigenvalue weighted by Gasteiger charge is 2.14. The zero-order valence-electron chi connectivity index (χ0n) is 21.0. The Morgan fingerprint density at radius 3 is 2.50 bits per heavy atom. The zero-order valence-corrected chi connectivity index (χ0v) is 22.6. The number of ether oxygens (including phenoxy) is 4. The topological polar surface area (TPSA) is 107 Å².